The summed E-state index contributed by atoms with van der Waals surface area (Å²) in [6.07, 6.45) is -0.723. The van der Waals surface area contributed by atoms with Crippen LogP contribution < -0.4 is 5.32 Å². The van der Waals surface area contributed by atoms with E-state index >= 15 is 0 Å². The van der Waals surface area contributed by atoms with Gasteiger partial charge in [0.2, 0.25) is 5.91 Å². The Morgan fingerprint density at radius 2 is 1.90 bits per heavy atom. The molecule has 2 N–H and O–H groups in total. The number of carboxylic acid groups (broad SMARTS) is 1. The number of fused-ring (bicyclic) bond motifs is 1. The normalized spacial score (nSPS) is 23.7. The van der Waals surface area contributed by atoms with Crippen molar-refractivity contribution in [1.29, 1.82) is 0 Å². The fourth-order valence-electron chi connectivity index (χ4n) is 3.65. The van der Waals surface area contributed by atoms with Gasteiger partial charge in [-0.25, -0.2) is 4.79 Å². The number of nitro benzene ring substituents is 1. The number of nitro groups is 1. The molecule has 1 fully saturated rings. The fraction of sp³-hybridized carbons (Fsp3) is 0.450. The van der Waals surface area contributed by atoms with E-state index in [2.05, 4.69) is 5.32 Å². The lowest BCUT2D eigenvalue weighted by Gasteiger charge is -2.53. The molecule has 0 aromatic heterocycles. The molecule has 0 bridgehead atoms. The fourth-order valence-corrected chi connectivity index (χ4v) is 4.85. The quantitative estimate of drug-likeness (QED) is 0.397. The highest BCUT2D eigenvalue weighted by Gasteiger charge is 2.56. The molecule has 0 radical (unpaired) electrons. The summed E-state index contributed by atoms with van der Waals surface area (Å²) in [5.41, 5.74) is 0.146. The molecule has 11 heteroatoms. The molecule has 0 aliphatic carbocycles. The Balaban J connectivity index is 1.85. The number of rotatable bonds is 5. The number of nitrogens with one attached hydrogen (secondary N) is 1. The van der Waals surface area contributed by atoms with Crippen molar-refractivity contribution in [2.45, 2.75) is 56.7 Å². The summed E-state index contributed by atoms with van der Waals surface area (Å²) in [6.45, 7) is 6.86. The first-order valence-corrected chi connectivity index (χ1v) is 10.5. The van der Waals surface area contributed by atoms with Gasteiger partial charge >= 0.3 is 12.1 Å². The van der Waals surface area contributed by atoms with Crippen molar-refractivity contribution in [2.24, 2.45) is 0 Å². The number of ether oxygens (including phenoxy) is 1. The van der Waals surface area contributed by atoms with Crippen molar-refractivity contribution in [1.82, 2.24) is 10.2 Å². The zero-order valence-corrected chi connectivity index (χ0v) is 18.2. The van der Waals surface area contributed by atoms with E-state index < -0.39 is 51.9 Å². The van der Waals surface area contributed by atoms with E-state index in [9.17, 15) is 29.6 Å². The highest BCUT2D eigenvalue weighted by atomic mass is 32.2. The lowest BCUT2D eigenvalue weighted by molar-refractivity contribution is -0.384. The van der Waals surface area contributed by atoms with Gasteiger partial charge in [0, 0.05) is 12.1 Å². The second kappa shape index (κ2) is 8.22. The maximum Gasteiger partial charge on any atom is 0.408 e. The van der Waals surface area contributed by atoms with Crippen molar-refractivity contribution in [3.05, 3.63) is 50.9 Å². The first kappa shape index (κ1) is 22.6. The van der Waals surface area contributed by atoms with Crippen LogP contribution in [-0.4, -0.2) is 56.0 Å². The summed E-state index contributed by atoms with van der Waals surface area (Å²) in [5, 5.41) is 24.7. The summed E-state index contributed by atoms with van der Waals surface area (Å²) in [4.78, 5) is 48.9. The molecular formula is C20H23N3O7S. The number of thioether (sulfide) groups is 1. The third kappa shape index (κ3) is 4.50. The third-order valence-electron chi connectivity index (χ3n) is 4.96. The number of hydrogen-bond acceptors (Lipinski definition) is 7. The van der Waals surface area contributed by atoms with Gasteiger partial charge in [0.1, 0.15) is 22.9 Å². The van der Waals surface area contributed by atoms with Gasteiger partial charge in [0.25, 0.3) is 5.69 Å². The summed E-state index contributed by atoms with van der Waals surface area (Å²) in [7, 11) is 0. The monoisotopic (exact) mass is 449 g/mol. The SMILES string of the molecule is CC1=CS[C@H]2[C@H](NC(=O)OC(C)(C)C)C(=O)N2C1C(C(=O)O)c1ccc([N+](=O)[O-])cc1. The van der Waals surface area contributed by atoms with Gasteiger partial charge in [-0.15, -0.1) is 11.8 Å². The summed E-state index contributed by atoms with van der Waals surface area (Å²) in [5.74, 6) is -2.69. The van der Waals surface area contributed by atoms with E-state index in [4.69, 9.17) is 4.74 Å². The Labute approximate surface area is 182 Å². The smallest absolute Gasteiger partial charge is 0.408 e. The second-order valence-corrected chi connectivity index (χ2v) is 9.36. The largest absolute Gasteiger partial charge is 0.481 e. The second-order valence-electron chi connectivity index (χ2n) is 8.37. The molecule has 10 nitrogen and oxygen atoms in total. The molecule has 1 aromatic carbocycles. The Morgan fingerprint density at radius 1 is 1.29 bits per heavy atom. The molecule has 1 aromatic rings. The van der Waals surface area contributed by atoms with Crippen LogP contribution in [0.2, 0.25) is 0 Å². The maximum absolute atomic E-state index is 12.9. The number of aliphatic carboxylic acids is 1. The average molecular weight is 449 g/mol. The van der Waals surface area contributed by atoms with E-state index in [1.807, 2.05) is 0 Å². The van der Waals surface area contributed by atoms with Crippen molar-refractivity contribution in [3.63, 3.8) is 0 Å². The first-order valence-electron chi connectivity index (χ1n) is 9.51. The zero-order valence-electron chi connectivity index (χ0n) is 17.4. The van der Waals surface area contributed by atoms with Gasteiger partial charge in [-0.05, 0) is 44.2 Å². The first-order chi connectivity index (χ1) is 14.4. The van der Waals surface area contributed by atoms with Crippen LogP contribution in [-0.2, 0) is 14.3 Å². The van der Waals surface area contributed by atoms with Crippen LogP contribution in [0.5, 0.6) is 0 Å². The van der Waals surface area contributed by atoms with Crippen LogP contribution >= 0.6 is 11.8 Å². The van der Waals surface area contributed by atoms with Crippen molar-refractivity contribution in [2.75, 3.05) is 0 Å². The Bertz CT molecular complexity index is 955. The molecule has 2 amide bonds. The predicted molar refractivity (Wildman–Crippen MR) is 112 cm³/mol. The summed E-state index contributed by atoms with van der Waals surface area (Å²) in [6, 6.07) is 3.64. The lowest BCUT2D eigenvalue weighted by Crippen LogP contribution is -2.73. The molecule has 2 aliphatic rings. The zero-order chi connectivity index (χ0) is 23.1. The highest BCUT2D eigenvalue weighted by Crippen LogP contribution is 2.44. The molecule has 2 heterocycles. The topological polar surface area (TPSA) is 139 Å². The van der Waals surface area contributed by atoms with Crippen LogP contribution in [0, 0.1) is 10.1 Å². The minimum atomic E-state index is -1.16. The van der Waals surface area contributed by atoms with Gasteiger partial charge in [0.05, 0.1) is 11.0 Å². The number of hydrogen-bond donors (Lipinski definition) is 2. The van der Waals surface area contributed by atoms with E-state index in [0.29, 0.717) is 11.1 Å². The minimum Gasteiger partial charge on any atom is -0.481 e. The Kier molecular flexibility index (Phi) is 5.99. The maximum atomic E-state index is 12.9. The van der Waals surface area contributed by atoms with Gasteiger partial charge in [-0.2, -0.15) is 0 Å². The van der Waals surface area contributed by atoms with Gasteiger partial charge < -0.3 is 20.1 Å². The predicted octanol–water partition coefficient (Wildman–Crippen LogP) is 2.84. The number of carboxylic acids is 1. The van der Waals surface area contributed by atoms with Gasteiger partial charge in [-0.3, -0.25) is 19.7 Å². The van der Waals surface area contributed by atoms with Crippen LogP contribution in [0.3, 0.4) is 0 Å². The van der Waals surface area contributed by atoms with E-state index in [1.54, 1.807) is 33.1 Å². The van der Waals surface area contributed by atoms with Crippen molar-refractivity contribution < 1.29 is 29.2 Å². The average Bonchev–Trinajstić information content (AvgIpc) is 2.66. The number of benzene rings is 1. The molecule has 2 aliphatic heterocycles. The highest BCUT2D eigenvalue weighted by molar-refractivity contribution is 8.02. The van der Waals surface area contributed by atoms with E-state index in [1.165, 1.54) is 40.9 Å². The Morgan fingerprint density at radius 3 is 2.42 bits per heavy atom. The van der Waals surface area contributed by atoms with Crippen molar-refractivity contribution in [3.8, 4) is 0 Å². The summed E-state index contributed by atoms with van der Waals surface area (Å²) < 4.78 is 5.21. The molecular weight excluding hydrogens is 426 g/mol. The van der Waals surface area contributed by atoms with Crippen LogP contribution in [0.1, 0.15) is 39.2 Å². The molecule has 4 atom stereocenters. The molecule has 3 rings (SSSR count). The van der Waals surface area contributed by atoms with Crippen LogP contribution in [0.4, 0.5) is 10.5 Å². The number of carbonyl (C=O) groups excluding carboxylic acids is 2. The summed E-state index contributed by atoms with van der Waals surface area (Å²) >= 11 is 1.32. The van der Waals surface area contributed by atoms with E-state index in [-0.39, 0.29) is 5.69 Å². The number of non-ortho nitro benzene ring substituents is 1. The molecule has 31 heavy (non-hydrogen) atoms. The number of carbonyl (C=O) groups is 3. The minimum absolute atomic E-state index is 0.154. The molecule has 0 saturated carbocycles. The third-order valence-corrected chi connectivity index (χ3v) is 6.24. The Hall–Kier alpha value is -3.08. The lowest BCUT2D eigenvalue weighted by atomic mass is 9.84. The van der Waals surface area contributed by atoms with Crippen LogP contribution in [0.15, 0.2) is 35.2 Å². The standard InChI is InChI=1S/C20H23N3O7S/c1-10-9-31-17-14(21-19(27)30-20(2,3)4)16(24)22(17)15(10)13(18(25)26)11-5-7-12(8-6-11)23(28)29/h5-9,13-15,17H,1-4H3,(H,21,27)(H,25,26)/t13?,14-,15?,17+/m1/s1. The molecule has 2 unspecified atom stereocenters. The number of amides is 2. The molecule has 1 saturated heterocycles. The number of alkyl carbamates (subject to hydrolysis) is 1. The van der Waals surface area contributed by atoms with Gasteiger partial charge in [0.15, 0.2) is 0 Å². The van der Waals surface area contributed by atoms with Crippen molar-refractivity contribution >= 4 is 35.4 Å². The molecule has 166 valence electrons. The van der Waals surface area contributed by atoms with Crippen LogP contribution in [0.25, 0.3) is 0 Å². The number of nitrogens with zero attached hydrogens (tertiary/aromatic N) is 2. The van der Waals surface area contributed by atoms with Gasteiger partial charge in [-0.1, -0.05) is 12.1 Å². The molecule has 0 spiro atoms. The number of β-lactam (4-membered cyclic amide) rings is 1. The van der Waals surface area contributed by atoms with E-state index in [0.717, 1.165) is 0 Å².